The Morgan fingerprint density at radius 1 is 0.872 bits per heavy atom. The van der Waals surface area contributed by atoms with Crippen LogP contribution in [0, 0.1) is 5.92 Å². The van der Waals surface area contributed by atoms with Crippen LogP contribution in [0.1, 0.15) is 49.0 Å². The van der Waals surface area contributed by atoms with Crippen LogP contribution in [0.5, 0.6) is 0 Å². The van der Waals surface area contributed by atoms with Gasteiger partial charge in [-0.2, -0.15) is 4.31 Å². The van der Waals surface area contributed by atoms with E-state index in [-0.39, 0.29) is 34.3 Å². The maximum atomic E-state index is 13.9. The monoisotopic (exact) mass is 562 g/mol. The van der Waals surface area contributed by atoms with Crippen LogP contribution in [0.25, 0.3) is 11.0 Å². The van der Waals surface area contributed by atoms with Crippen molar-refractivity contribution in [2.45, 2.75) is 42.5 Å². The zero-order valence-corrected chi connectivity index (χ0v) is 23.1. The van der Waals surface area contributed by atoms with Gasteiger partial charge in [-0.3, -0.25) is 4.79 Å². The summed E-state index contributed by atoms with van der Waals surface area (Å²) in [4.78, 5) is 23.9. The number of imidazole rings is 1. The Balaban J connectivity index is 1.20. The summed E-state index contributed by atoms with van der Waals surface area (Å²) in [7, 11) is -3.93. The summed E-state index contributed by atoms with van der Waals surface area (Å²) in [5.41, 5.74) is 2.91. The van der Waals surface area contributed by atoms with E-state index in [1.165, 1.54) is 10.4 Å². The summed E-state index contributed by atoms with van der Waals surface area (Å²) in [5, 5.41) is 0.186. The molecule has 2 aliphatic heterocycles. The van der Waals surface area contributed by atoms with E-state index >= 15 is 0 Å². The minimum atomic E-state index is -3.93. The third kappa shape index (κ3) is 5.09. The van der Waals surface area contributed by atoms with E-state index in [1.54, 1.807) is 18.2 Å². The third-order valence-electron chi connectivity index (χ3n) is 8.09. The van der Waals surface area contributed by atoms with E-state index in [0.29, 0.717) is 25.9 Å². The molecule has 0 aliphatic carbocycles. The quantitative estimate of drug-likeness (QED) is 0.335. The second-order valence-corrected chi connectivity index (χ2v) is 12.7. The number of H-pyrrole nitrogens is 1. The number of amides is 1. The Morgan fingerprint density at radius 2 is 1.56 bits per heavy atom. The van der Waals surface area contributed by atoms with Gasteiger partial charge in [-0.05, 0) is 55.5 Å². The van der Waals surface area contributed by atoms with Crippen molar-refractivity contribution >= 4 is 38.6 Å². The first-order chi connectivity index (χ1) is 18.9. The molecular formula is C30H31ClN4O3S. The van der Waals surface area contributed by atoms with Crippen LogP contribution in [-0.2, 0) is 14.8 Å². The molecule has 0 saturated carbocycles. The molecule has 2 atom stereocenters. The molecule has 1 aromatic heterocycles. The number of rotatable bonds is 5. The van der Waals surface area contributed by atoms with Gasteiger partial charge in [0.25, 0.3) is 0 Å². The normalized spacial score (nSPS) is 21.3. The zero-order valence-electron chi connectivity index (χ0n) is 21.5. The van der Waals surface area contributed by atoms with Crippen LogP contribution in [0.15, 0.2) is 83.8 Å². The molecular weight excluding hydrogens is 532 g/mol. The second kappa shape index (κ2) is 10.8. The fourth-order valence-corrected chi connectivity index (χ4v) is 8.18. The largest absolute Gasteiger partial charge is 0.342 e. The number of piperidine rings is 2. The average molecular weight is 563 g/mol. The van der Waals surface area contributed by atoms with Crippen molar-refractivity contribution in [3.63, 3.8) is 0 Å². The topological polar surface area (TPSA) is 86.4 Å². The highest BCUT2D eigenvalue weighted by molar-refractivity contribution is 7.89. The second-order valence-electron chi connectivity index (χ2n) is 10.4. The standard InChI is InChI=1S/C30H31ClN4O3S/c31-24-10-4-7-13-28(24)39(37,38)35-20-23(14-15-27(35)21-8-2-1-3-9-21)30(36)34-18-16-22(17-19-34)29-32-25-11-5-6-12-26(25)33-29/h1-13,22-23,27H,14-20H2,(H,32,33)/t23-,27-/m1/s1. The predicted molar refractivity (Wildman–Crippen MR) is 152 cm³/mol. The van der Waals surface area contributed by atoms with E-state index in [9.17, 15) is 13.2 Å². The van der Waals surface area contributed by atoms with Crippen LogP contribution in [0.2, 0.25) is 5.02 Å². The lowest BCUT2D eigenvalue weighted by molar-refractivity contribution is -0.138. The van der Waals surface area contributed by atoms with E-state index in [2.05, 4.69) is 4.98 Å². The molecule has 9 heteroatoms. The van der Waals surface area contributed by atoms with Gasteiger partial charge in [0.05, 0.1) is 28.0 Å². The minimum Gasteiger partial charge on any atom is -0.342 e. The molecule has 0 bridgehead atoms. The number of aromatic amines is 1. The number of carbonyl (C=O) groups excluding carboxylic acids is 1. The summed E-state index contributed by atoms with van der Waals surface area (Å²) in [6.07, 6.45) is 2.86. The maximum absolute atomic E-state index is 13.9. The number of aromatic nitrogens is 2. The van der Waals surface area contributed by atoms with E-state index in [0.717, 1.165) is 35.3 Å². The Hall–Kier alpha value is -3.20. The lowest BCUT2D eigenvalue weighted by atomic mass is 9.89. The van der Waals surface area contributed by atoms with Gasteiger partial charge < -0.3 is 9.88 Å². The van der Waals surface area contributed by atoms with Gasteiger partial charge in [0.2, 0.25) is 15.9 Å². The number of benzene rings is 3. The smallest absolute Gasteiger partial charge is 0.245 e. The molecule has 0 unspecified atom stereocenters. The molecule has 0 spiro atoms. The highest BCUT2D eigenvalue weighted by Gasteiger charge is 2.42. The summed E-state index contributed by atoms with van der Waals surface area (Å²) >= 11 is 6.34. The highest BCUT2D eigenvalue weighted by atomic mass is 35.5. The summed E-state index contributed by atoms with van der Waals surface area (Å²) in [6, 6.07) is 23.8. The molecule has 4 aromatic rings. The number of hydrogen-bond acceptors (Lipinski definition) is 4. The van der Waals surface area contributed by atoms with Crippen LogP contribution in [-0.4, -0.2) is 53.1 Å². The number of nitrogens with one attached hydrogen (secondary N) is 1. The van der Waals surface area contributed by atoms with Gasteiger partial charge in [-0.1, -0.05) is 66.2 Å². The fraction of sp³-hybridized carbons (Fsp3) is 0.333. The van der Waals surface area contributed by atoms with Crippen molar-refractivity contribution in [3.05, 3.63) is 95.3 Å². The van der Waals surface area contributed by atoms with Gasteiger partial charge in [-0.25, -0.2) is 13.4 Å². The van der Waals surface area contributed by atoms with Gasteiger partial charge in [0.15, 0.2) is 0 Å². The lowest BCUT2D eigenvalue weighted by Crippen LogP contribution is -2.49. The van der Waals surface area contributed by atoms with Gasteiger partial charge in [0, 0.05) is 25.6 Å². The number of hydrogen-bond donors (Lipinski definition) is 1. The molecule has 2 saturated heterocycles. The molecule has 202 valence electrons. The molecule has 3 aromatic carbocycles. The van der Waals surface area contributed by atoms with Gasteiger partial charge in [-0.15, -0.1) is 0 Å². The van der Waals surface area contributed by atoms with Gasteiger partial charge >= 0.3 is 0 Å². The predicted octanol–water partition coefficient (Wildman–Crippen LogP) is 5.76. The number of fused-ring (bicyclic) bond motifs is 1. The Morgan fingerprint density at radius 3 is 2.31 bits per heavy atom. The molecule has 2 aliphatic rings. The number of halogens is 1. The molecule has 0 radical (unpaired) electrons. The first kappa shape index (κ1) is 26.0. The summed E-state index contributed by atoms with van der Waals surface area (Å²) < 4.78 is 29.3. The first-order valence-electron chi connectivity index (χ1n) is 13.5. The van der Waals surface area contributed by atoms with Crippen LogP contribution < -0.4 is 0 Å². The van der Waals surface area contributed by atoms with Crippen molar-refractivity contribution in [2.24, 2.45) is 5.92 Å². The highest BCUT2D eigenvalue weighted by Crippen LogP contribution is 2.40. The molecule has 1 N–H and O–H groups in total. The fourth-order valence-electron chi connectivity index (χ4n) is 5.99. The minimum absolute atomic E-state index is 0.0314. The summed E-state index contributed by atoms with van der Waals surface area (Å²) in [6.45, 7) is 1.41. The SMILES string of the molecule is O=C([C@@H]1CC[C@H](c2ccccc2)N(S(=O)(=O)c2ccccc2Cl)C1)N1CCC(c2nc3ccccc3[nH]2)CC1. The number of para-hydroxylation sites is 2. The van der Waals surface area contributed by atoms with Crippen LogP contribution in [0.4, 0.5) is 0 Å². The third-order valence-corrected chi connectivity index (χ3v) is 10.5. The van der Waals surface area contributed by atoms with Crippen molar-refractivity contribution in [2.75, 3.05) is 19.6 Å². The molecule has 39 heavy (non-hydrogen) atoms. The number of carbonyl (C=O) groups is 1. The van der Waals surface area contributed by atoms with Crippen LogP contribution >= 0.6 is 11.6 Å². The average Bonchev–Trinajstić information content (AvgIpc) is 3.42. The molecule has 6 rings (SSSR count). The van der Waals surface area contributed by atoms with Crippen LogP contribution in [0.3, 0.4) is 0 Å². The number of nitrogens with zero attached hydrogens (tertiary/aromatic N) is 3. The van der Waals surface area contributed by atoms with Crippen molar-refractivity contribution in [1.29, 1.82) is 0 Å². The van der Waals surface area contributed by atoms with Crippen molar-refractivity contribution in [3.8, 4) is 0 Å². The molecule has 1 amide bonds. The Labute approximate surface area is 233 Å². The Kier molecular flexibility index (Phi) is 7.18. The number of likely N-dealkylation sites (tertiary alicyclic amines) is 1. The Bertz CT molecular complexity index is 1550. The molecule has 7 nitrogen and oxygen atoms in total. The number of sulfonamides is 1. The summed E-state index contributed by atoms with van der Waals surface area (Å²) in [5.74, 6) is 0.880. The lowest BCUT2D eigenvalue weighted by Gasteiger charge is -2.41. The van der Waals surface area contributed by atoms with E-state index < -0.39 is 15.9 Å². The maximum Gasteiger partial charge on any atom is 0.245 e. The van der Waals surface area contributed by atoms with E-state index in [4.69, 9.17) is 16.6 Å². The van der Waals surface area contributed by atoms with Crippen molar-refractivity contribution in [1.82, 2.24) is 19.2 Å². The first-order valence-corrected chi connectivity index (χ1v) is 15.3. The molecule has 3 heterocycles. The van der Waals surface area contributed by atoms with Crippen molar-refractivity contribution < 1.29 is 13.2 Å². The van der Waals surface area contributed by atoms with Gasteiger partial charge in [0.1, 0.15) is 10.7 Å². The zero-order chi connectivity index (χ0) is 27.0. The van der Waals surface area contributed by atoms with E-state index in [1.807, 2.05) is 59.5 Å². The molecule has 2 fully saturated rings.